The van der Waals surface area contributed by atoms with Gasteiger partial charge in [0.1, 0.15) is 11.9 Å². The molecule has 72 valence electrons. The monoisotopic (exact) mass is 191 g/mol. The first-order valence-corrected chi connectivity index (χ1v) is 4.58. The van der Waals surface area contributed by atoms with Crippen LogP contribution in [0.4, 0.5) is 4.39 Å². The van der Waals surface area contributed by atoms with Gasteiger partial charge in [0.25, 0.3) is 0 Å². The summed E-state index contributed by atoms with van der Waals surface area (Å²) < 4.78 is 18.7. The maximum atomic E-state index is 13.4. The highest BCUT2D eigenvalue weighted by Gasteiger charge is 2.31. The van der Waals surface area contributed by atoms with E-state index in [1.807, 2.05) is 0 Å². The third-order valence-corrected chi connectivity index (χ3v) is 2.47. The molecule has 0 aromatic heterocycles. The highest BCUT2D eigenvalue weighted by Crippen LogP contribution is 2.34. The topological polar surface area (TPSA) is 33.0 Å². The summed E-state index contributed by atoms with van der Waals surface area (Å²) in [5.74, 6) is -0.508. The standard InChI is InChI=1S/C11H10FNO/c12-10-4-2-1-3-9(10)11-8(7-13)5-6-14-11/h1-4,8,11H,5-6H2. The van der Waals surface area contributed by atoms with Crippen LogP contribution in [0.5, 0.6) is 0 Å². The van der Waals surface area contributed by atoms with E-state index < -0.39 is 0 Å². The largest absolute Gasteiger partial charge is 0.372 e. The Morgan fingerprint density at radius 2 is 2.21 bits per heavy atom. The van der Waals surface area contributed by atoms with Gasteiger partial charge in [0.05, 0.1) is 12.0 Å². The minimum atomic E-state index is -0.388. The molecule has 0 radical (unpaired) electrons. The van der Waals surface area contributed by atoms with Gasteiger partial charge in [-0.2, -0.15) is 5.26 Å². The van der Waals surface area contributed by atoms with E-state index in [0.29, 0.717) is 18.6 Å². The Hall–Kier alpha value is -1.40. The van der Waals surface area contributed by atoms with Crippen molar-refractivity contribution in [2.24, 2.45) is 5.92 Å². The third kappa shape index (κ3) is 1.49. The second-order valence-corrected chi connectivity index (χ2v) is 3.34. The molecule has 2 atom stereocenters. The predicted molar refractivity (Wildman–Crippen MR) is 48.8 cm³/mol. The lowest BCUT2D eigenvalue weighted by atomic mass is 9.96. The van der Waals surface area contributed by atoms with E-state index in [9.17, 15) is 4.39 Å². The highest BCUT2D eigenvalue weighted by atomic mass is 19.1. The molecule has 1 heterocycles. The fourth-order valence-electron chi connectivity index (χ4n) is 1.73. The zero-order valence-electron chi connectivity index (χ0n) is 7.61. The number of nitrogens with zero attached hydrogens (tertiary/aromatic N) is 1. The van der Waals surface area contributed by atoms with Crippen LogP contribution in [-0.4, -0.2) is 6.61 Å². The van der Waals surface area contributed by atoms with Gasteiger partial charge in [-0.05, 0) is 12.5 Å². The van der Waals surface area contributed by atoms with Crippen LogP contribution in [0.2, 0.25) is 0 Å². The fourth-order valence-corrected chi connectivity index (χ4v) is 1.73. The predicted octanol–water partition coefficient (Wildman–Crippen LogP) is 2.43. The van der Waals surface area contributed by atoms with E-state index in [1.165, 1.54) is 6.07 Å². The molecule has 0 amide bonds. The van der Waals surface area contributed by atoms with E-state index in [1.54, 1.807) is 18.2 Å². The molecule has 1 aliphatic rings. The van der Waals surface area contributed by atoms with Crippen LogP contribution in [0.15, 0.2) is 24.3 Å². The van der Waals surface area contributed by atoms with Crippen molar-refractivity contribution in [2.45, 2.75) is 12.5 Å². The average Bonchev–Trinajstić information content (AvgIpc) is 2.66. The maximum Gasteiger partial charge on any atom is 0.129 e. The van der Waals surface area contributed by atoms with E-state index in [-0.39, 0.29) is 17.8 Å². The lowest BCUT2D eigenvalue weighted by molar-refractivity contribution is 0.0976. The van der Waals surface area contributed by atoms with E-state index >= 15 is 0 Å². The molecule has 1 fully saturated rings. The Balaban J connectivity index is 2.31. The Morgan fingerprint density at radius 3 is 2.93 bits per heavy atom. The smallest absolute Gasteiger partial charge is 0.129 e. The summed E-state index contributed by atoms with van der Waals surface area (Å²) in [7, 11) is 0. The molecule has 0 spiro atoms. The lowest BCUT2D eigenvalue weighted by Gasteiger charge is -2.13. The molecular weight excluding hydrogens is 181 g/mol. The minimum Gasteiger partial charge on any atom is -0.372 e. The van der Waals surface area contributed by atoms with Gasteiger partial charge in [0, 0.05) is 12.2 Å². The van der Waals surface area contributed by atoms with Gasteiger partial charge < -0.3 is 4.74 Å². The summed E-state index contributed by atoms with van der Waals surface area (Å²) in [6.07, 6.45) is 0.302. The molecule has 0 aliphatic carbocycles. The molecule has 1 saturated heterocycles. The van der Waals surface area contributed by atoms with Crippen LogP contribution >= 0.6 is 0 Å². The zero-order chi connectivity index (χ0) is 9.97. The number of hydrogen-bond acceptors (Lipinski definition) is 2. The van der Waals surface area contributed by atoms with Gasteiger partial charge in [-0.3, -0.25) is 0 Å². The molecular formula is C11H10FNO. The number of nitriles is 1. The Kier molecular flexibility index (Phi) is 2.47. The lowest BCUT2D eigenvalue weighted by Crippen LogP contribution is -2.07. The second kappa shape index (κ2) is 3.77. The van der Waals surface area contributed by atoms with Crippen molar-refractivity contribution in [1.29, 1.82) is 5.26 Å². The van der Waals surface area contributed by atoms with Crippen molar-refractivity contribution >= 4 is 0 Å². The van der Waals surface area contributed by atoms with Gasteiger partial charge in [0.2, 0.25) is 0 Å². The fraction of sp³-hybridized carbons (Fsp3) is 0.364. The summed E-state index contributed by atoms with van der Waals surface area (Å²) in [6, 6.07) is 8.61. The van der Waals surface area contributed by atoms with Gasteiger partial charge in [-0.1, -0.05) is 18.2 Å². The number of ether oxygens (including phenoxy) is 1. The zero-order valence-corrected chi connectivity index (χ0v) is 7.61. The van der Waals surface area contributed by atoms with Gasteiger partial charge >= 0.3 is 0 Å². The summed E-state index contributed by atoms with van der Waals surface area (Å²) in [5.41, 5.74) is 0.497. The first-order chi connectivity index (χ1) is 6.83. The first-order valence-electron chi connectivity index (χ1n) is 4.58. The van der Waals surface area contributed by atoms with Crippen LogP contribution in [0.25, 0.3) is 0 Å². The Labute approximate surface area is 81.9 Å². The number of rotatable bonds is 1. The third-order valence-electron chi connectivity index (χ3n) is 2.47. The van der Waals surface area contributed by atoms with E-state index in [4.69, 9.17) is 10.00 Å². The van der Waals surface area contributed by atoms with Crippen LogP contribution in [0, 0.1) is 23.1 Å². The normalized spacial score (nSPS) is 26.0. The first kappa shape index (κ1) is 9.17. The number of hydrogen-bond donors (Lipinski definition) is 0. The van der Waals surface area contributed by atoms with Crippen LogP contribution in [0.3, 0.4) is 0 Å². The summed E-state index contributed by atoms with van der Waals surface area (Å²) in [4.78, 5) is 0. The summed E-state index contributed by atoms with van der Waals surface area (Å²) in [6.45, 7) is 0.539. The molecule has 0 bridgehead atoms. The molecule has 1 aromatic rings. The summed E-state index contributed by atoms with van der Waals surface area (Å²) in [5, 5.41) is 8.84. The van der Waals surface area contributed by atoms with Crippen molar-refractivity contribution in [3.05, 3.63) is 35.6 Å². The van der Waals surface area contributed by atoms with Crippen LogP contribution in [-0.2, 0) is 4.74 Å². The Morgan fingerprint density at radius 1 is 1.43 bits per heavy atom. The van der Waals surface area contributed by atoms with Crippen LogP contribution < -0.4 is 0 Å². The molecule has 0 saturated carbocycles. The maximum absolute atomic E-state index is 13.4. The molecule has 0 N–H and O–H groups in total. The Bertz CT molecular complexity index is 372. The average molecular weight is 191 g/mol. The van der Waals surface area contributed by atoms with Crippen molar-refractivity contribution in [3.8, 4) is 6.07 Å². The second-order valence-electron chi connectivity index (χ2n) is 3.34. The molecule has 1 aromatic carbocycles. The number of halogens is 1. The SMILES string of the molecule is N#CC1CCOC1c1ccccc1F. The van der Waals surface area contributed by atoms with Crippen molar-refractivity contribution < 1.29 is 9.13 Å². The number of benzene rings is 1. The quantitative estimate of drug-likeness (QED) is 0.683. The highest BCUT2D eigenvalue weighted by molar-refractivity contribution is 5.22. The van der Waals surface area contributed by atoms with Crippen molar-refractivity contribution in [2.75, 3.05) is 6.61 Å². The molecule has 2 nitrogen and oxygen atoms in total. The molecule has 2 unspecified atom stereocenters. The van der Waals surface area contributed by atoms with Crippen molar-refractivity contribution in [3.63, 3.8) is 0 Å². The van der Waals surface area contributed by atoms with Gasteiger partial charge in [-0.25, -0.2) is 4.39 Å². The van der Waals surface area contributed by atoms with E-state index in [0.717, 1.165) is 0 Å². The van der Waals surface area contributed by atoms with Crippen LogP contribution in [0.1, 0.15) is 18.1 Å². The molecule has 2 rings (SSSR count). The summed E-state index contributed by atoms with van der Waals surface area (Å²) >= 11 is 0. The molecule has 14 heavy (non-hydrogen) atoms. The molecule has 3 heteroatoms. The van der Waals surface area contributed by atoms with Gasteiger partial charge in [0.15, 0.2) is 0 Å². The molecule has 1 aliphatic heterocycles. The van der Waals surface area contributed by atoms with Gasteiger partial charge in [-0.15, -0.1) is 0 Å². The minimum absolute atomic E-state index is 0.216. The van der Waals surface area contributed by atoms with E-state index in [2.05, 4.69) is 6.07 Å². The van der Waals surface area contributed by atoms with Crippen molar-refractivity contribution in [1.82, 2.24) is 0 Å².